The highest BCUT2D eigenvalue weighted by Gasteiger charge is 2.22. The Kier molecular flexibility index (Phi) is 3.73. The third-order valence-corrected chi connectivity index (χ3v) is 4.36. The number of ether oxygens (including phenoxy) is 1. The average molecular weight is 326 g/mol. The molecule has 3 aromatic rings. The van der Waals surface area contributed by atoms with Crippen molar-refractivity contribution in [3.63, 3.8) is 0 Å². The summed E-state index contributed by atoms with van der Waals surface area (Å²) in [5.41, 5.74) is 7.02. The summed E-state index contributed by atoms with van der Waals surface area (Å²) in [7, 11) is 0. The van der Waals surface area contributed by atoms with Crippen molar-refractivity contribution < 1.29 is 4.74 Å². The van der Waals surface area contributed by atoms with E-state index in [4.69, 9.17) is 4.74 Å². The molecule has 0 unspecified atom stereocenters. The topological polar surface area (TPSA) is 9.23 Å². The van der Waals surface area contributed by atoms with Crippen LogP contribution >= 0.6 is 0 Å². The summed E-state index contributed by atoms with van der Waals surface area (Å²) in [6, 6.07) is 25.6. The second kappa shape index (κ2) is 5.93. The Morgan fingerprint density at radius 1 is 0.560 bits per heavy atom. The van der Waals surface area contributed by atoms with E-state index < -0.39 is 0 Å². The zero-order chi connectivity index (χ0) is 17.4. The molecule has 0 spiro atoms. The smallest absolute Gasteiger partial charge is 0.128 e. The Hall–Kier alpha value is -2.80. The second-order valence-corrected chi connectivity index (χ2v) is 7.40. The number of rotatable bonds is 1. The van der Waals surface area contributed by atoms with Gasteiger partial charge in [-0.25, -0.2) is 0 Å². The van der Waals surface area contributed by atoms with Crippen LogP contribution in [0.1, 0.15) is 31.9 Å². The van der Waals surface area contributed by atoms with Gasteiger partial charge in [0.25, 0.3) is 0 Å². The average Bonchev–Trinajstić information content (AvgIpc) is 2.59. The number of hydrogen-bond acceptors (Lipinski definition) is 1. The molecule has 0 heterocycles. The molecule has 1 nitrogen and oxygen atoms in total. The molecule has 0 atom stereocenters. The summed E-state index contributed by atoms with van der Waals surface area (Å²) < 4.78 is 6.37. The SMILES string of the molecule is CC(C)(C)O/C1=C/c2ccccc2-c2ccccc2-c2ccccc21. The van der Waals surface area contributed by atoms with Gasteiger partial charge in [0, 0.05) is 5.56 Å². The fourth-order valence-corrected chi connectivity index (χ4v) is 3.39. The van der Waals surface area contributed by atoms with E-state index in [1.807, 2.05) is 0 Å². The predicted molar refractivity (Wildman–Crippen MR) is 106 cm³/mol. The van der Waals surface area contributed by atoms with E-state index in [2.05, 4.69) is 99.6 Å². The van der Waals surface area contributed by atoms with Crippen molar-refractivity contribution in [2.24, 2.45) is 0 Å². The fraction of sp³-hybridized carbons (Fsp3) is 0.167. The van der Waals surface area contributed by atoms with E-state index in [0.717, 1.165) is 11.3 Å². The molecule has 25 heavy (non-hydrogen) atoms. The summed E-state index contributed by atoms with van der Waals surface area (Å²) in [6.45, 7) is 6.28. The molecule has 0 aromatic heterocycles. The minimum atomic E-state index is -0.257. The van der Waals surface area contributed by atoms with E-state index in [1.54, 1.807) is 0 Å². The molecule has 0 amide bonds. The van der Waals surface area contributed by atoms with Gasteiger partial charge in [0.05, 0.1) is 0 Å². The summed E-state index contributed by atoms with van der Waals surface area (Å²) in [6.07, 6.45) is 2.18. The first-order valence-corrected chi connectivity index (χ1v) is 8.72. The van der Waals surface area contributed by atoms with Gasteiger partial charge in [-0.2, -0.15) is 0 Å². The van der Waals surface area contributed by atoms with Crippen LogP contribution < -0.4 is 0 Å². The molecule has 3 aromatic carbocycles. The van der Waals surface area contributed by atoms with Crippen LogP contribution in [0.3, 0.4) is 0 Å². The summed E-state index contributed by atoms with van der Waals surface area (Å²) in [4.78, 5) is 0. The summed E-state index contributed by atoms with van der Waals surface area (Å²) in [5.74, 6) is 0.921. The standard InChI is InChI=1S/C24H22O/c1-24(2,3)25-23-16-17-10-4-5-11-18(17)19-12-6-7-13-20(19)21-14-8-9-15-22(21)23/h4-16H,1-3H3/b17-16?,19-18?,21-20?,23-16+,23-22?. The van der Waals surface area contributed by atoms with E-state index in [1.165, 1.54) is 27.8 Å². The molecule has 0 N–H and O–H groups in total. The molecule has 124 valence electrons. The Bertz CT molecular complexity index is 958. The summed E-state index contributed by atoms with van der Waals surface area (Å²) in [5, 5.41) is 0. The van der Waals surface area contributed by atoms with E-state index >= 15 is 0 Å². The monoisotopic (exact) mass is 326 g/mol. The lowest BCUT2D eigenvalue weighted by molar-refractivity contribution is 0.0983. The van der Waals surface area contributed by atoms with Gasteiger partial charge < -0.3 is 4.74 Å². The van der Waals surface area contributed by atoms with Crippen molar-refractivity contribution in [2.45, 2.75) is 26.4 Å². The Balaban J connectivity index is 2.07. The van der Waals surface area contributed by atoms with Crippen molar-refractivity contribution in [1.82, 2.24) is 0 Å². The zero-order valence-corrected chi connectivity index (χ0v) is 14.9. The number of fused-ring (bicyclic) bond motifs is 5. The lowest BCUT2D eigenvalue weighted by atomic mass is 9.86. The van der Waals surface area contributed by atoms with Gasteiger partial charge >= 0.3 is 0 Å². The molecule has 1 aliphatic carbocycles. The van der Waals surface area contributed by atoms with Crippen LogP contribution in [-0.2, 0) is 4.74 Å². The number of hydrogen-bond donors (Lipinski definition) is 0. The minimum absolute atomic E-state index is 0.257. The molecule has 0 saturated heterocycles. The Morgan fingerprint density at radius 3 is 1.60 bits per heavy atom. The fourth-order valence-electron chi connectivity index (χ4n) is 3.39. The predicted octanol–water partition coefficient (Wildman–Crippen LogP) is 6.65. The molecule has 0 aliphatic heterocycles. The first kappa shape index (κ1) is 15.7. The molecule has 0 saturated carbocycles. The van der Waals surface area contributed by atoms with Crippen LogP contribution in [0.4, 0.5) is 0 Å². The van der Waals surface area contributed by atoms with Crippen molar-refractivity contribution in [3.8, 4) is 22.3 Å². The Labute approximate surface area is 149 Å². The highest BCUT2D eigenvalue weighted by molar-refractivity contribution is 5.97. The quantitative estimate of drug-likeness (QED) is 0.486. The van der Waals surface area contributed by atoms with Gasteiger partial charge in [-0.05, 0) is 54.7 Å². The molecule has 0 bridgehead atoms. The maximum absolute atomic E-state index is 6.37. The van der Waals surface area contributed by atoms with Gasteiger partial charge in [-0.1, -0.05) is 72.8 Å². The van der Waals surface area contributed by atoms with Gasteiger partial charge in [0.1, 0.15) is 11.4 Å². The third kappa shape index (κ3) is 2.98. The van der Waals surface area contributed by atoms with Crippen LogP contribution in [0, 0.1) is 0 Å². The molecular formula is C24H22O. The van der Waals surface area contributed by atoms with Gasteiger partial charge in [0.2, 0.25) is 0 Å². The van der Waals surface area contributed by atoms with Crippen LogP contribution in [0.5, 0.6) is 0 Å². The largest absolute Gasteiger partial charge is 0.487 e. The molecule has 1 heteroatoms. The lowest BCUT2D eigenvalue weighted by Gasteiger charge is -2.27. The Morgan fingerprint density at radius 2 is 1.00 bits per heavy atom. The van der Waals surface area contributed by atoms with Gasteiger partial charge in [-0.15, -0.1) is 0 Å². The molecular weight excluding hydrogens is 304 g/mol. The first-order valence-electron chi connectivity index (χ1n) is 8.72. The van der Waals surface area contributed by atoms with Crippen LogP contribution in [-0.4, -0.2) is 5.60 Å². The third-order valence-electron chi connectivity index (χ3n) is 4.36. The van der Waals surface area contributed by atoms with Crippen LogP contribution in [0.15, 0.2) is 72.8 Å². The highest BCUT2D eigenvalue weighted by atomic mass is 16.5. The number of benzene rings is 3. The van der Waals surface area contributed by atoms with Gasteiger partial charge in [-0.3, -0.25) is 0 Å². The molecule has 1 aliphatic rings. The van der Waals surface area contributed by atoms with Crippen LogP contribution in [0.2, 0.25) is 0 Å². The van der Waals surface area contributed by atoms with Crippen LogP contribution in [0.25, 0.3) is 34.1 Å². The van der Waals surface area contributed by atoms with Crippen molar-refractivity contribution in [2.75, 3.05) is 0 Å². The second-order valence-electron chi connectivity index (χ2n) is 7.40. The van der Waals surface area contributed by atoms with E-state index in [-0.39, 0.29) is 5.60 Å². The minimum Gasteiger partial charge on any atom is -0.487 e. The molecule has 4 rings (SSSR count). The van der Waals surface area contributed by atoms with E-state index in [0.29, 0.717) is 0 Å². The highest BCUT2D eigenvalue weighted by Crippen LogP contribution is 2.42. The maximum Gasteiger partial charge on any atom is 0.128 e. The molecule has 0 radical (unpaired) electrons. The summed E-state index contributed by atoms with van der Waals surface area (Å²) >= 11 is 0. The molecule has 0 fully saturated rings. The maximum atomic E-state index is 6.37. The van der Waals surface area contributed by atoms with Crippen molar-refractivity contribution in [3.05, 3.63) is 83.9 Å². The van der Waals surface area contributed by atoms with Crippen molar-refractivity contribution in [1.29, 1.82) is 0 Å². The van der Waals surface area contributed by atoms with Crippen molar-refractivity contribution >= 4 is 11.8 Å². The first-order chi connectivity index (χ1) is 12.0. The van der Waals surface area contributed by atoms with Gasteiger partial charge in [0.15, 0.2) is 0 Å². The zero-order valence-electron chi connectivity index (χ0n) is 14.9. The lowest BCUT2D eigenvalue weighted by Crippen LogP contribution is -2.18. The van der Waals surface area contributed by atoms with E-state index in [9.17, 15) is 0 Å². The normalized spacial score (nSPS) is 14.9.